The molecule has 0 radical (unpaired) electrons. The van der Waals surface area contributed by atoms with Crippen molar-refractivity contribution in [1.29, 1.82) is 0 Å². The van der Waals surface area contributed by atoms with E-state index in [2.05, 4.69) is 39.8 Å². The molecule has 6 aliphatic rings. The number of ether oxygens (including phenoxy) is 3. The van der Waals surface area contributed by atoms with Crippen LogP contribution in [0.3, 0.4) is 0 Å². The molecule has 4 fully saturated rings. The summed E-state index contributed by atoms with van der Waals surface area (Å²) >= 11 is 0. The van der Waals surface area contributed by atoms with E-state index in [0.29, 0.717) is 38.5 Å². The summed E-state index contributed by atoms with van der Waals surface area (Å²) < 4.78 is 17.5. The van der Waals surface area contributed by atoms with Crippen LogP contribution in [0.25, 0.3) is 0 Å². The fourth-order valence-electron chi connectivity index (χ4n) is 10.1. The number of carbonyl (C=O) groups is 2. The largest absolute Gasteiger partial charge is 0.389 e. The smallest absolute Gasteiger partial charge is 0.186 e. The normalized spacial score (nSPS) is 48.2. The van der Waals surface area contributed by atoms with Crippen LogP contribution < -0.4 is 0 Å². The number of carbonyl (C=O) groups excluding carboxylic acids is 2. The van der Waals surface area contributed by atoms with Gasteiger partial charge in [-0.05, 0) is 73.3 Å². The Kier molecular flexibility index (Phi) is 7.77. The van der Waals surface area contributed by atoms with E-state index < -0.39 is 46.6 Å². The highest BCUT2D eigenvalue weighted by Crippen LogP contribution is 2.67. The first-order valence-corrected chi connectivity index (χ1v) is 16.5. The first-order valence-electron chi connectivity index (χ1n) is 16.5. The van der Waals surface area contributed by atoms with Gasteiger partial charge in [0.1, 0.15) is 30.2 Å². The minimum Gasteiger partial charge on any atom is -0.389 e. The number of aliphatic hydroxyl groups is 4. The van der Waals surface area contributed by atoms with Gasteiger partial charge in [-0.2, -0.15) is 0 Å². The van der Waals surface area contributed by atoms with Gasteiger partial charge in [-0.15, -0.1) is 0 Å². The summed E-state index contributed by atoms with van der Waals surface area (Å²) in [6.45, 7) is 14.4. The maximum atomic E-state index is 13.8. The Labute approximate surface area is 261 Å². The van der Waals surface area contributed by atoms with Crippen LogP contribution >= 0.6 is 0 Å². The first-order chi connectivity index (χ1) is 20.4. The molecule has 0 amide bonds. The molecule has 2 aliphatic heterocycles. The van der Waals surface area contributed by atoms with Crippen molar-refractivity contribution in [3.8, 4) is 0 Å². The lowest BCUT2D eigenvalue weighted by atomic mass is 9.53. The summed E-state index contributed by atoms with van der Waals surface area (Å²) in [4.78, 5) is 26.9. The van der Waals surface area contributed by atoms with Gasteiger partial charge in [-0.25, -0.2) is 0 Å². The second-order valence-corrected chi connectivity index (χ2v) is 16.5. The highest BCUT2D eigenvalue weighted by molar-refractivity contribution is 5.90. The average Bonchev–Trinajstić information content (AvgIpc) is 3.55. The number of aliphatic hydroxyl groups excluding tert-OH is 3. The lowest BCUT2D eigenvalue weighted by molar-refractivity contribution is -0.304. The van der Waals surface area contributed by atoms with Crippen molar-refractivity contribution in [2.45, 2.75) is 141 Å². The predicted octanol–water partition coefficient (Wildman–Crippen LogP) is 3.40. The van der Waals surface area contributed by atoms with Crippen LogP contribution in [0.1, 0.15) is 93.4 Å². The van der Waals surface area contributed by atoms with E-state index in [1.165, 1.54) is 0 Å². The lowest BCUT2D eigenvalue weighted by Gasteiger charge is -2.54. The zero-order chi connectivity index (χ0) is 32.2. The molecular weight excluding hydrogens is 564 g/mol. The maximum Gasteiger partial charge on any atom is 0.186 e. The molecule has 0 aromatic heterocycles. The Bertz CT molecular complexity index is 1270. The van der Waals surface area contributed by atoms with Crippen molar-refractivity contribution >= 4 is 11.6 Å². The molecule has 0 unspecified atom stereocenters. The van der Waals surface area contributed by atoms with E-state index in [0.717, 1.165) is 17.6 Å². The number of fused-ring (bicyclic) bond motifs is 4. The van der Waals surface area contributed by atoms with Crippen molar-refractivity contribution < 1.29 is 44.2 Å². The topological polar surface area (TPSA) is 146 Å². The Morgan fingerprint density at radius 3 is 2.41 bits per heavy atom. The van der Waals surface area contributed by atoms with Gasteiger partial charge in [-0.1, -0.05) is 46.8 Å². The van der Waals surface area contributed by atoms with E-state index in [9.17, 15) is 30.0 Å². The average molecular weight is 617 g/mol. The van der Waals surface area contributed by atoms with Gasteiger partial charge in [0.05, 0.1) is 23.9 Å². The lowest BCUT2D eigenvalue weighted by Crippen LogP contribution is -2.59. The Morgan fingerprint density at radius 1 is 1.07 bits per heavy atom. The second kappa shape index (κ2) is 10.5. The van der Waals surface area contributed by atoms with Crippen LogP contribution in [0.4, 0.5) is 0 Å². The molecular formula is C35H52O9. The van der Waals surface area contributed by atoms with Crippen LogP contribution in [-0.2, 0) is 23.8 Å². The van der Waals surface area contributed by atoms with Crippen LogP contribution in [-0.4, -0.2) is 86.6 Å². The number of ketones is 2. The molecule has 4 aliphatic carbocycles. The number of hydrogen-bond acceptors (Lipinski definition) is 9. The Morgan fingerprint density at radius 2 is 1.75 bits per heavy atom. The summed E-state index contributed by atoms with van der Waals surface area (Å²) in [5, 5.41) is 42.8. The molecule has 0 bridgehead atoms. The van der Waals surface area contributed by atoms with E-state index in [4.69, 9.17) is 14.2 Å². The van der Waals surface area contributed by atoms with Gasteiger partial charge in [0.15, 0.2) is 12.1 Å². The SMILES string of the molecule is C[C@H](CC(=O)[C@@H]1OC1(C)C)[C@H]1C(=O)C[C@@]2(C)C3=CC[C@H]4C(C)(C)[C@@H](O[C@@H]5OC[C@@H](O)[C@H](O)[C@H]5O)CC[C@@]4(O)CC3=CC[C@]12C. The Hall–Kier alpha value is -1.46. The molecule has 4 N–H and O–H groups in total. The molecule has 9 nitrogen and oxygen atoms in total. The molecule has 6 rings (SSSR count). The third-order valence-electron chi connectivity index (χ3n) is 12.9. The van der Waals surface area contributed by atoms with Crippen LogP contribution in [0.2, 0.25) is 0 Å². The third kappa shape index (κ3) is 4.83. The van der Waals surface area contributed by atoms with E-state index in [-0.39, 0.29) is 53.6 Å². The van der Waals surface area contributed by atoms with Crippen molar-refractivity contribution in [2.24, 2.45) is 34.0 Å². The molecule has 0 aromatic carbocycles. The number of rotatable bonds is 6. The molecule has 2 saturated heterocycles. The Balaban J connectivity index is 1.24. The van der Waals surface area contributed by atoms with Crippen LogP contribution in [0.15, 0.2) is 23.3 Å². The second-order valence-electron chi connectivity index (χ2n) is 16.5. The van der Waals surface area contributed by atoms with Crippen molar-refractivity contribution in [2.75, 3.05) is 6.61 Å². The predicted molar refractivity (Wildman–Crippen MR) is 161 cm³/mol. The highest BCUT2D eigenvalue weighted by atomic mass is 16.7. The van der Waals surface area contributed by atoms with Gasteiger partial charge >= 0.3 is 0 Å². The summed E-state index contributed by atoms with van der Waals surface area (Å²) in [5.41, 5.74) is -0.369. The number of allylic oxidation sites excluding steroid dienone is 3. The number of hydrogen-bond donors (Lipinski definition) is 4. The van der Waals surface area contributed by atoms with Gasteiger partial charge in [0, 0.05) is 30.6 Å². The zero-order valence-electron chi connectivity index (χ0n) is 27.3. The van der Waals surface area contributed by atoms with Crippen LogP contribution in [0.5, 0.6) is 0 Å². The van der Waals surface area contributed by atoms with Gasteiger partial charge < -0.3 is 34.6 Å². The molecule has 0 spiro atoms. The van der Waals surface area contributed by atoms with E-state index in [1.54, 1.807) is 0 Å². The van der Waals surface area contributed by atoms with Gasteiger partial charge in [0.25, 0.3) is 0 Å². The quantitative estimate of drug-likeness (QED) is 0.330. The monoisotopic (exact) mass is 616 g/mol. The van der Waals surface area contributed by atoms with E-state index in [1.807, 2.05) is 20.8 Å². The number of epoxide rings is 1. The van der Waals surface area contributed by atoms with Gasteiger partial charge in [0.2, 0.25) is 0 Å². The van der Waals surface area contributed by atoms with Crippen LogP contribution in [0, 0.1) is 34.0 Å². The molecule has 246 valence electrons. The summed E-state index contributed by atoms with van der Waals surface area (Å²) in [7, 11) is 0. The third-order valence-corrected chi connectivity index (χ3v) is 12.9. The van der Waals surface area contributed by atoms with Crippen molar-refractivity contribution in [3.05, 3.63) is 23.3 Å². The fourth-order valence-corrected chi connectivity index (χ4v) is 10.1. The summed E-state index contributed by atoms with van der Waals surface area (Å²) in [6, 6.07) is 0. The first kappa shape index (κ1) is 32.5. The molecule has 9 heteroatoms. The van der Waals surface area contributed by atoms with E-state index >= 15 is 0 Å². The minimum atomic E-state index is -1.37. The minimum absolute atomic E-state index is 0.0790. The number of Topliss-reactive ketones (excluding diaryl/α,β-unsaturated/α-hetero) is 2. The standard InChI is InChI=1S/C35H52O9/c1-18(14-21(36)29-32(4,5)44-29)26-22(37)16-34(7)20-8-9-24-31(2,3)25(43-30-28(40)27(39)23(38)17-42-30)11-13-35(24,41)15-19(20)10-12-33(26,34)6/h8,10,18,23-30,38-41H,9,11-17H2,1-7H3/t18-,23-,24+,25+,26+,27+,28-,29+,30+,33-,34+,35-/m1/s1. The molecule has 2 heterocycles. The molecule has 0 aromatic rings. The highest BCUT2D eigenvalue weighted by Gasteiger charge is 2.65. The molecule has 44 heavy (non-hydrogen) atoms. The van der Waals surface area contributed by atoms with Gasteiger partial charge in [-0.3, -0.25) is 9.59 Å². The van der Waals surface area contributed by atoms with Crippen molar-refractivity contribution in [3.63, 3.8) is 0 Å². The molecule has 12 atom stereocenters. The summed E-state index contributed by atoms with van der Waals surface area (Å²) in [6.07, 6.45) is 2.46. The fraction of sp³-hybridized carbons (Fsp3) is 0.829. The summed E-state index contributed by atoms with van der Waals surface area (Å²) in [5.74, 6) is -0.200. The zero-order valence-corrected chi connectivity index (χ0v) is 27.3. The molecule has 2 saturated carbocycles. The van der Waals surface area contributed by atoms with Crippen molar-refractivity contribution in [1.82, 2.24) is 0 Å². The maximum absolute atomic E-state index is 13.8.